The van der Waals surface area contributed by atoms with Gasteiger partial charge >= 0.3 is 0 Å². The molecule has 172 valence electrons. The van der Waals surface area contributed by atoms with E-state index in [2.05, 4.69) is 11.8 Å². The Labute approximate surface area is 204 Å². The summed E-state index contributed by atoms with van der Waals surface area (Å²) < 4.78 is 18.8. The summed E-state index contributed by atoms with van der Waals surface area (Å²) in [5.41, 5.74) is 10.2. The standard InChI is InChI=1S/C27H28ClFN2OS/c1-16-13-22(23(28)15-25(16)32-3)26-17(2)33-27(31-26)24(30)12-9-20(14-18-5-4-6-18)19-7-10-21(29)11-8-19/h7-8,10-11,13,15,18,20,24H,4-6,14,30H2,1-3H3/t20-,24?/m0/s1. The molecule has 4 rings (SSSR count). The minimum absolute atomic E-state index is 0.0427. The summed E-state index contributed by atoms with van der Waals surface area (Å²) in [6, 6.07) is 9.98. The van der Waals surface area contributed by atoms with Crippen LogP contribution >= 0.6 is 22.9 Å². The van der Waals surface area contributed by atoms with Crippen LogP contribution in [0.15, 0.2) is 36.4 Å². The van der Waals surface area contributed by atoms with Gasteiger partial charge in [-0.3, -0.25) is 0 Å². The zero-order valence-corrected chi connectivity index (χ0v) is 20.7. The molecule has 0 saturated heterocycles. The molecule has 2 N–H and O–H groups in total. The summed E-state index contributed by atoms with van der Waals surface area (Å²) in [5, 5.41) is 1.36. The molecule has 6 heteroatoms. The molecule has 1 unspecified atom stereocenters. The van der Waals surface area contributed by atoms with Crippen LogP contribution in [0.3, 0.4) is 0 Å². The van der Waals surface area contributed by atoms with Crippen molar-refractivity contribution in [1.29, 1.82) is 0 Å². The second-order valence-corrected chi connectivity index (χ2v) is 10.3. The lowest BCUT2D eigenvalue weighted by atomic mass is 9.77. The largest absolute Gasteiger partial charge is 0.496 e. The monoisotopic (exact) mass is 482 g/mol. The number of benzene rings is 2. The Kier molecular flexibility index (Phi) is 7.38. The van der Waals surface area contributed by atoms with Crippen LogP contribution in [-0.2, 0) is 0 Å². The molecule has 2 atom stereocenters. The first-order valence-electron chi connectivity index (χ1n) is 11.2. The van der Waals surface area contributed by atoms with Crippen LogP contribution in [0.4, 0.5) is 4.39 Å². The molecule has 1 heterocycles. The fraction of sp³-hybridized carbons (Fsp3) is 0.370. The second-order valence-electron chi connectivity index (χ2n) is 8.66. The molecule has 0 aliphatic heterocycles. The van der Waals surface area contributed by atoms with Gasteiger partial charge in [0.05, 0.1) is 17.8 Å². The third-order valence-electron chi connectivity index (χ3n) is 6.30. The van der Waals surface area contributed by atoms with Gasteiger partial charge in [0.2, 0.25) is 0 Å². The molecule has 1 aliphatic carbocycles. The molecule has 1 aromatic heterocycles. The zero-order valence-electron chi connectivity index (χ0n) is 19.1. The van der Waals surface area contributed by atoms with Crippen LogP contribution in [0.5, 0.6) is 5.75 Å². The summed E-state index contributed by atoms with van der Waals surface area (Å²) in [6.07, 6.45) is 4.74. The highest BCUT2D eigenvalue weighted by Crippen LogP contribution is 2.38. The number of nitrogens with zero attached hydrogens (tertiary/aromatic N) is 1. The predicted molar refractivity (Wildman–Crippen MR) is 134 cm³/mol. The lowest BCUT2D eigenvalue weighted by Gasteiger charge is -2.28. The van der Waals surface area contributed by atoms with E-state index in [1.165, 1.54) is 31.4 Å². The highest BCUT2D eigenvalue weighted by Gasteiger charge is 2.23. The van der Waals surface area contributed by atoms with Gasteiger partial charge in [-0.1, -0.05) is 54.8 Å². The maximum Gasteiger partial charge on any atom is 0.123 e. The van der Waals surface area contributed by atoms with Gasteiger partial charge in [-0.15, -0.1) is 11.3 Å². The average molecular weight is 483 g/mol. The number of ether oxygens (including phenoxy) is 1. The molecular weight excluding hydrogens is 455 g/mol. The Bertz CT molecular complexity index is 1190. The highest BCUT2D eigenvalue weighted by atomic mass is 35.5. The maximum atomic E-state index is 13.4. The smallest absolute Gasteiger partial charge is 0.123 e. The number of thiazole rings is 1. The SMILES string of the molecule is COc1cc(Cl)c(-c2nc(C(N)C#C[C@@H](CC3CCC3)c3ccc(F)cc3)sc2C)cc1C. The third kappa shape index (κ3) is 5.41. The third-order valence-corrected chi connectivity index (χ3v) is 7.66. The quantitative estimate of drug-likeness (QED) is 0.378. The van der Waals surface area contributed by atoms with Gasteiger partial charge in [-0.05, 0) is 61.6 Å². The topological polar surface area (TPSA) is 48.1 Å². The van der Waals surface area contributed by atoms with Crippen LogP contribution < -0.4 is 10.5 Å². The molecule has 1 aliphatic rings. The number of hydrogen-bond donors (Lipinski definition) is 1. The van der Waals surface area contributed by atoms with Crippen LogP contribution in [-0.4, -0.2) is 12.1 Å². The summed E-state index contributed by atoms with van der Waals surface area (Å²) in [5.74, 6) is 7.85. The van der Waals surface area contributed by atoms with E-state index < -0.39 is 6.04 Å². The first kappa shape index (κ1) is 23.8. The van der Waals surface area contributed by atoms with E-state index in [1.54, 1.807) is 18.4 Å². The number of nitrogens with two attached hydrogens (primary N) is 1. The van der Waals surface area contributed by atoms with Crippen LogP contribution in [0.2, 0.25) is 5.02 Å². The highest BCUT2D eigenvalue weighted by molar-refractivity contribution is 7.12. The van der Waals surface area contributed by atoms with Crippen LogP contribution in [0.25, 0.3) is 11.3 Å². The second kappa shape index (κ2) is 10.3. The van der Waals surface area contributed by atoms with Gasteiger partial charge in [0.25, 0.3) is 0 Å². The maximum absolute atomic E-state index is 13.4. The Balaban J connectivity index is 1.59. The number of rotatable bonds is 6. The summed E-state index contributed by atoms with van der Waals surface area (Å²) in [4.78, 5) is 5.84. The molecule has 2 aromatic carbocycles. The van der Waals surface area contributed by atoms with E-state index in [0.717, 1.165) is 44.4 Å². The number of hydrogen-bond acceptors (Lipinski definition) is 4. The Morgan fingerprint density at radius 2 is 1.94 bits per heavy atom. The van der Waals surface area contributed by atoms with Crippen molar-refractivity contribution in [3.63, 3.8) is 0 Å². The van der Waals surface area contributed by atoms with E-state index in [0.29, 0.717) is 10.9 Å². The Morgan fingerprint density at radius 1 is 1.21 bits per heavy atom. The van der Waals surface area contributed by atoms with Gasteiger partial charge in [0.1, 0.15) is 22.6 Å². The van der Waals surface area contributed by atoms with Gasteiger partial charge < -0.3 is 10.5 Å². The van der Waals surface area contributed by atoms with Gasteiger partial charge in [0, 0.05) is 16.4 Å². The number of halogens is 2. The molecule has 3 aromatic rings. The lowest BCUT2D eigenvalue weighted by Crippen LogP contribution is -2.15. The number of methoxy groups -OCH3 is 1. The van der Waals surface area contributed by atoms with Gasteiger partial charge in [-0.25, -0.2) is 9.37 Å². The number of aryl methyl sites for hydroxylation is 2. The molecule has 0 bridgehead atoms. The molecule has 1 fully saturated rings. The van der Waals surface area contributed by atoms with Crippen molar-refractivity contribution in [3.8, 4) is 28.8 Å². The molecule has 0 radical (unpaired) electrons. The Hall–Kier alpha value is -2.39. The fourth-order valence-corrected chi connectivity index (χ4v) is 5.28. The molecule has 0 amide bonds. The van der Waals surface area contributed by atoms with Crippen molar-refractivity contribution >= 4 is 22.9 Å². The minimum Gasteiger partial charge on any atom is -0.496 e. The van der Waals surface area contributed by atoms with Gasteiger partial charge in [-0.2, -0.15) is 0 Å². The van der Waals surface area contributed by atoms with Gasteiger partial charge in [0.15, 0.2) is 0 Å². The zero-order chi connectivity index (χ0) is 23.5. The summed E-state index contributed by atoms with van der Waals surface area (Å²) in [7, 11) is 1.63. The first-order valence-corrected chi connectivity index (χ1v) is 12.4. The molecular formula is C27H28ClFN2OS. The Morgan fingerprint density at radius 3 is 2.58 bits per heavy atom. The van der Waals surface area contributed by atoms with Crippen molar-refractivity contribution in [3.05, 3.63) is 68.2 Å². The molecule has 33 heavy (non-hydrogen) atoms. The van der Waals surface area contributed by atoms with E-state index >= 15 is 0 Å². The van der Waals surface area contributed by atoms with E-state index in [-0.39, 0.29) is 11.7 Å². The van der Waals surface area contributed by atoms with Crippen molar-refractivity contribution in [2.24, 2.45) is 11.7 Å². The lowest BCUT2D eigenvalue weighted by molar-refractivity contribution is 0.289. The van der Waals surface area contributed by atoms with Crippen LogP contribution in [0, 0.1) is 37.4 Å². The first-order chi connectivity index (χ1) is 15.9. The van der Waals surface area contributed by atoms with E-state index in [9.17, 15) is 4.39 Å². The normalized spacial score (nSPS) is 15.3. The average Bonchev–Trinajstić information content (AvgIpc) is 3.16. The summed E-state index contributed by atoms with van der Waals surface area (Å²) >= 11 is 8.07. The fourth-order valence-electron chi connectivity index (χ4n) is 4.15. The predicted octanol–water partition coefficient (Wildman–Crippen LogP) is 7.21. The summed E-state index contributed by atoms with van der Waals surface area (Å²) in [6.45, 7) is 4.00. The molecule has 3 nitrogen and oxygen atoms in total. The van der Waals surface area contributed by atoms with Crippen molar-refractivity contribution < 1.29 is 9.13 Å². The molecule has 0 spiro atoms. The van der Waals surface area contributed by atoms with Crippen LogP contribution in [0.1, 0.15) is 58.7 Å². The van der Waals surface area contributed by atoms with Crippen molar-refractivity contribution in [2.75, 3.05) is 7.11 Å². The van der Waals surface area contributed by atoms with E-state index in [4.69, 9.17) is 27.1 Å². The van der Waals surface area contributed by atoms with Crippen molar-refractivity contribution in [2.45, 2.75) is 51.5 Å². The minimum atomic E-state index is -0.495. The molecule has 1 saturated carbocycles. The van der Waals surface area contributed by atoms with E-state index in [1.807, 2.05) is 38.1 Å². The van der Waals surface area contributed by atoms with Crippen molar-refractivity contribution in [1.82, 2.24) is 4.98 Å². The number of aromatic nitrogens is 1.